The minimum atomic E-state index is -3.49. The number of amides is 1. The highest BCUT2D eigenvalue weighted by atomic mass is 35.5. The van der Waals surface area contributed by atoms with Crippen molar-refractivity contribution in [1.82, 2.24) is 5.32 Å². The van der Waals surface area contributed by atoms with Gasteiger partial charge in [-0.15, -0.1) is 0 Å². The zero-order valence-electron chi connectivity index (χ0n) is 16.9. The van der Waals surface area contributed by atoms with Crippen LogP contribution in [-0.2, 0) is 14.8 Å². The van der Waals surface area contributed by atoms with Crippen molar-refractivity contribution >= 4 is 33.2 Å². The Morgan fingerprint density at radius 1 is 1.17 bits per heavy atom. The summed E-state index contributed by atoms with van der Waals surface area (Å²) in [4.78, 5) is 12.4. The van der Waals surface area contributed by atoms with Crippen molar-refractivity contribution < 1.29 is 22.7 Å². The van der Waals surface area contributed by atoms with E-state index in [0.29, 0.717) is 41.8 Å². The molecule has 1 heterocycles. The van der Waals surface area contributed by atoms with Gasteiger partial charge >= 0.3 is 0 Å². The third-order valence-corrected chi connectivity index (χ3v) is 6.13. The molecule has 0 radical (unpaired) electrons. The number of hydrogen-bond acceptors (Lipinski definition) is 5. The van der Waals surface area contributed by atoms with E-state index in [1.54, 1.807) is 24.3 Å². The molecule has 3 rings (SSSR count). The highest BCUT2D eigenvalue weighted by Gasteiger charge is 2.19. The van der Waals surface area contributed by atoms with E-state index in [1.165, 1.54) is 4.31 Å². The SMILES string of the molecule is C[C@@H](NC(=O)CCCN(c1cccc(Cl)c1)S(C)(=O)=O)c1ccc2c(c1)OCCO2. The summed E-state index contributed by atoms with van der Waals surface area (Å²) in [6.45, 7) is 3.10. The molecule has 0 saturated heterocycles. The zero-order valence-corrected chi connectivity index (χ0v) is 18.5. The minimum Gasteiger partial charge on any atom is -0.486 e. The Morgan fingerprint density at radius 3 is 2.60 bits per heavy atom. The van der Waals surface area contributed by atoms with Gasteiger partial charge in [0.1, 0.15) is 13.2 Å². The van der Waals surface area contributed by atoms with Crippen LogP contribution < -0.4 is 19.1 Å². The summed E-state index contributed by atoms with van der Waals surface area (Å²) in [7, 11) is -3.49. The molecular weight excluding hydrogens is 428 g/mol. The van der Waals surface area contributed by atoms with Crippen LogP contribution in [0.5, 0.6) is 11.5 Å². The molecule has 1 aliphatic heterocycles. The summed E-state index contributed by atoms with van der Waals surface area (Å²) in [5, 5.41) is 3.39. The molecule has 1 N–H and O–H groups in total. The van der Waals surface area contributed by atoms with Gasteiger partial charge < -0.3 is 14.8 Å². The van der Waals surface area contributed by atoms with E-state index in [-0.39, 0.29) is 24.9 Å². The average molecular weight is 453 g/mol. The maximum Gasteiger partial charge on any atom is 0.232 e. The van der Waals surface area contributed by atoms with Gasteiger partial charge in [-0.05, 0) is 49.2 Å². The van der Waals surface area contributed by atoms with Crippen LogP contribution in [0.3, 0.4) is 0 Å². The van der Waals surface area contributed by atoms with Crippen LogP contribution in [0, 0.1) is 0 Å². The van der Waals surface area contributed by atoms with Crippen molar-refractivity contribution in [1.29, 1.82) is 0 Å². The lowest BCUT2D eigenvalue weighted by Gasteiger charge is -2.23. The second kappa shape index (κ2) is 9.57. The molecule has 9 heteroatoms. The van der Waals surface area contributed by atoms with Gasteiger partial charge in [-0.2, -0.15) is 0 Å². The second-order valence-electron chi connectivity index (χ2n) is 7.11. The van der Waals surface area contributed by atoms with E-state index in [4.69, 9.17) is 21.1 Å². The minimum absolute atomic E-state index is 0.156. The van der Waals surface area contributed by atoms with E-state index in [1.807, 2.05) is 25.1 Å². The maximum atomic E-state index is 12.4. The van der Waals surface area contributed by atoms with Crippen molar-refractivity contribution in [3.8, 4) is 11.5 Å². The van der Waals surface area contributed by atoms with Gasteiger partial charge in [-0.25, -0.2) is 8.42 Å². The summed E-state index contributed by atoms with van der Waals surface area (Å²) in [5.74, 6) is 1.22. The fourth-order valence-electron chi connectivity index (χ4n) is 3.23. The number of fused-ring (bicyclic) bond motifs is 1. The van der Waals surface area contributed by atoms with E-state index in [2.05, 4.69) is 5.32 Å². The summed E-state index contributed by atoms with van der Waals surface area (Å²) >= 11 is 5.98. The number of anilines is 1. The quantitative estimate of drug-likeness (QED) is 0.662. The summed E-state index contributed by atoms with van der Waals surface area (Å²) < 4.78 is 36.7. The third kappa shape index (κ3) is 5.79. The van der Waals surface area contributed by atoms with Crippen molar-refractivity contribution in [2.75, 3.05) is 30.3 Å². The largest absolute Gasteiger partial charge is 0.486 e. The molecule has 2 aromatic carbocycles. The van der Waals surface area contributed by atoms with Crippen molar-refractivity contribution in [3.05, 3.63) is 53.1 Å². The number of hydrogen-bond donors (Lipinski definition) is 1. The van der Waals surface area contributed by atoms with Crippen LogP contribution in [-0.4, -0.2) is 40.3 Å². The van der Waals surface area contributed by atoms with Crippen LogP contribution in [0.4, 0.5) is 5.69 Å². The molecule has 0 unspecified atom stereocenters. The van der Waals surface area contributed by atoms with Gasteiger partial charge in [0.25, 0.3) is 0 Å². The van der Waals surface area contributed by atoms with Crippen molar-refractivity contribution in [3.63, 3.8) is 0 Å². The van der Waals surface area contributed by atoms with Gasteiger partial charge in [-0.1, -0.05) is 23.7 Å². The van der Waals surface area contributed by atoms with Gasteiger partial charge in [0.15, 0.2) is 11.5 Å². The number of ether oxygens (including phenoxy) is 2. The lowest BCUT2D eigenvalue weighted by molar-refractivity contribution is -0.121. The molecule has 1 amide bonds. The molecule has 30 heavy (non-hydrogen) atoms. The van der Waals surface area contributed by atoms with E-state index in [9.17, 15) is 13.2 Å². The van der Waals surface area contributed by atoms with Crippen molar-refractivity contribution in [2.45, 2.75) is 25.8 Å². The Balaban J connectivity index is 1.55. The first kappa shape index (κ1) is 22.2. The standard InChI is InChI=1S/C21H25ClN2O5S/c1-15(16-8-9-19-20(13-16)29-12-11-28-19)23-21(25)7-4-10-24(30(2,26)27)18-6-3-5-17(22)14-18/h3,5-6,8-9,13-15H,4,7,10-12H2,1-2H3,(H,23,25)/t15-/m1/s1. The molecule has 1 atom stereocenters. The van der Waals surface area contributed by atoms with Gasteiger partial charge in [0.2, 0.25) is 15.9 Å². The molecule has 0 bridgehead atoms. The average Bonchev–Trinajstić information content (AvgIpc) is 2.69. The predicted octanol–water partition coefficient (Wildman–Crippen LogP) is 3.53. The van der Waals surface area contributed by atoms with E-state index in [0.717, 1.165) is 11.8 Å². The number of benzene rings is 2. The predicted molar refractivity (Wildman–Crippen MR) is 117 cm³/mol. The third-order valence-electron chi connectivity index (χ3n) is 4.71. The lowest BCUT2D eigenvalue weighted by Crippen LogP contribution is -2.32. The van der Waals surface area contributed by atoms with Crippen LogP contribution >= 0.6 is 11.6 Å². The highest BCUT2D eigenvalue weighted by molar-refractivity contribution is 7.92. The van der Waals surface area contributed by atoms with Crippen LogP contribution in [0.15, 0.2) is 42.5 Å². The number of nitrogens with one attached hydrogen (secondary N) is 1. The van der Waals surface area contributed by atoms with Crippen molar-refractivity contribution in [2.24, 2.45) is 0 Å². The summed E-state index contributed by atoms with van der Waals surface area (Å²) in [5.41, 5.74) is 1.39. The number of sulfonamides is 1. The first-order valence-corrected chi connectivity index (χ1v) is 11.9. The van der Waals surface area contributed by atoms with Crippen LogP contribution in [0.1, 0.15) is 31.4 Å². The first-order chi connectivity index (χ1) is 14.2. The molecule has 2 aromatic rings. The molecule has 0 aliphatic carbocycles. The zero-order chi connectivity index (χ0) is 21.7. The number of rotatable bonds is 8. The molecule has 0 saturated carbocycles. The maximum absolute atomic E-state index is 12.4. The molecule has 0 spiro atoms. The number of nitrogens with zero attached hydrogens (tertiary/aromatic N) is 1. The Hall–Kier alpha value is -2.45. The fourth-order valence-corrected chi connectivity index (χ4v) is 4.37. The highest BCUT2D eigenvalue weighted by Crippen LogP contribution is 2.32. The Bertz CT molecular complexity index is 1010. The molecule has 7 nitrogen and oxygen atoms in total. The number of halogens is 1. The van der Waals surface area contributed by atoms with Crippen LogP contribution in [0.2, 0.25) is 5.02 Å². The lowest BCUT2D eigenvalue weighted by atomic mass is 10.1. The second-order valence-corrected chi connectivity index (χ2v) is 9.45. The fraction of sp³-hybridized carbons (Fsp3) is 0.381. The molecule has 1 aliphatic rings. The Labute approximate surface area is 182 Å². The summed E-state index contributed by atoms with van der Waals surface area (Å²) in [6, 6.07) is 12.0. The number of carbonyl (C=O) groups excluding carboxylic acids is 1. The Kier molecular flexibility index (Phi) is 7.10. The summed E-state index contributed by atoms with van der Waals surface area (Å²) in [6.07, 6.45) is 1.71. The normalized spacial score (nSPS) is 14.1. The molecule has 0 aromatic heterocycles. The van der Waals surface area contributed by atoms with E-state index >= 15 is 0 Å². The van der Waals surface area contributed by atoms with E-state index < -0.39 is 10.0 Å². The van der Waals surface area contributed by atoms with Crippen LogP contribution in [0.25, 0.3) is 0 Å². The van der Waals surface area contributed by atoms with Gasteiger partial charge in [0, 0.05) is 18.0 Å². The molecular formula is C21H25ClN2O5S. The monoisotopic (exact) mass is 452 g/mol. The van der Waals surface area contributed by atoms with Gasteiger partial charge in [0.05, 0.1) is 18.0 Å². The Morgan fingerprint density at radius 2 is 1.90 bits per heavy atom. The molecule has 162 valence electrons. The molecule has 0 fully saturated rings. The first-order valence-electron chi connectivity index (χ1n) is 9.66. The topological polar surface area (TPSA) is 84.9 Å². The smallest absolute Gasteiger partial charge is 0.232 e. The number of carbonyl (C=O) groups is 1. The van der Waals surface area contributed by atoms with Gasteiger partial charge in [-0.3, -0.25) is 9.10 Å².